The van der Waals surface area contributed by atoms with Crippen LogP contribution >= 0.6 is 0 Å². The second kappa shape index (κ2) is 8.09. The minimum atomic E-state index is -0.393. The Labute approximate surface area is 164 Å². The number of likely N-dealkylation sites (tertiary alicyclic amines) is 1. The van der Waals surface area contributed by atoms with E-state index < -0.39 is 5.82 Å². The highest BCUT2D eigenvalue weighted by atomic mass is 19.1. The third kappa shape index (κ3) is 3.91. The number of piperidine rings is 1. The van der Waals surface area contributed by atoms with E-state index in [1.165, 1.54) is 56.1 Å². The second-order valence-electron chi connectivity index (χ2n) is 7.65. The van der Waals surface area contributed by atoms with Crippen LogP contribution in [0, 0.1) is 11.7 Å². The Bertz CT molecular complexity index is 849. The third-order valence-electron chi connectivity index (χ3n) is 5.86. The number of rotatable bonds is 3. The van der Waals surface area contributed by atoms with Gasteiger partial charge < -0.3 is 10.2 Å². The topological polar surface area (TPSA) is 62.3 Å². The number of carbonyl (C=O) groups excluding carboxylic acids is 2. The molecule has 1 N–H and O–H groups in total. The first kappa shape index (κ1) is 18.6. The minimum Gasteiger partial charge on any atom is -0.335 e. The number of halogens is 1. The zero-order chi connectivity index (χ0) is 19.5. The summed E-state index contributed by atoms with van der Waals surface area (Å²) in [5.41, 5.74) is 0.894. The molecule has 5 nitrogen and oxygen atoms in total. The highest BCUT2D eigenvalue weighted by molar-refractivity contribution is 6.04. The molecular weight excluding hydrogens is 357 g/mol. The van der Waals surface area contributed by atoms with Crippen LogP contribution in [0.25, 0.3) is 0 Å². The number of hydrogen-bond acceptors (Lipinski definition) is 3. The third-order valence-corrected chi connectivity index (χ3v) is 5.86. The highest BCUT2D eigenvalue weighted by Gasteiger charge is 2.36. The molecule has 2 aromatic rings. The molecule has 2 amide bonds. The van der Waals surface area contributed by atoms with Crippen LogP contribution in [0.5, 0.6) is 0 Å². The van der Waals surface area contributed by atoms with Gasteiger partial charge in [0.1, 0.15) is 11.6 Å². The van der Waals surface area contributed by atoms with Gasteiger partial charge >= 0.3 is 0 Å². The lowest BCUT2D eigenvalue weighted by Gasteiger charge is -2.44. The van der Waals surface area contributed by atoms with E-state index in [0.717, 1.165) is 19.4 Å². The van der Waals surface area contributed by atoms with Crippen molar-refractivity contribution in [2.45, 2.75) is 44.6 Å². The lowest BCUT2D eigenvalue weighted by atomic mass is 9.78. The van der Waals surface area contributed by atoms with E-state index in [1.807, 2.05) is 4.90 Å². The molecule has 2 fully saturated rings. The second-order valence-corrected chi connectivity index (χ2v) is 7.65. The molecule has 6 heteroatoms. The molecule has 2 heterocycles. The zero-order valence-electron chi connectivity index (χ0n) is 15.7. The standard InChI is InChI=1S/C22H24FN3O2/c23-18-10-7-16(8-11-18)21(27)25-20-12-9-17(14-24-20)22(28)26-13-3-5-15-4-1-2-6-19(15)26/h7-12,14-15,19H,1-6,13H2,(H,24,25,27)/t15-,19+/m1/s1. The lowest BCUT2D eigenvalue weighted by Crippen LogP contribution is -2.49. The number of hydrogen-bond donors (Lipinski definition) is 1. The smallest absolute Gasteiger partial charge is 0.256 e. The summed E-state index contributed by atoms with van der Waals surface area (Å²) in [5, 5.41) is 2.67. The van der Waals surface area contributed by atoms with E-state index >= 15 is 0 Å². The summed E-state index contributed by atoms with van der Waals surface area (Å²) in [5.74, 6) is 0.261. The predicted octanol–water partition coefficient (Wildman–Crippen LogP) is 4.27. The van der Waals surface area contributed by atoms with Crippen molar-refractivity contribution in [3.63, 3.8) is 0 Å². The van der Waals surface area contributed by atoms with Crippen molar-refractivity contribution in [1.29, 1.82) is 0 Å². The molecule has 2 atom stereocenters. The van der Waals surface area contributed by atoms with E-state index in [0.29, 0.717) is 28.9 Å². The largest absolute Gasteiger partial charge is 0.335 e. The molecule has 4 rings (SSSR count). The molecule has 146 valence electrons. The van der Waals surface area contributed by atoms with Crippen LogP contribution < -0.4 is 5.32 Å². The Morgan fingerprint density at radius 2 is 1.68 bits per heavy atom. The maximum Gasteiger partial charge on any atom is 0.256 e. The number of nitrogens with one attached hydrogen (secondary N) is 1. The number of fused-ring (bicyclic) bond motifs is 1. The Hall–Kier alpha value is -2.76. The molecule has 1 aromatic heterocycles. The van der Waals surface area contributed by atoms with Crippen molar-refractivity contribution in [1.82, 2.24) is 9.88 Å². The molecule has 1 aromatic carbocycles. The number of amides is 2. The van der Waals surface area contributed by atoms with Crippen molar-refractivity contribution in [2.24, 2.45) is 5.92 Å². The normalized spacial score (nSPS) is 21.7. The van der Waals surface area contributed by atoms with Crippen LogP contribution in [0.4, 0.5) is 10.2 Å². The van der Waals surface area contributed by atoms with Crippen LogP contribution in [0.3, 0.4) is 0 Å². The van der Waals surface area contributed by atoms with Gasteiger partial charge in [0.25, 0.3) is 11.8 Å². The summed E-state index contributed by atoms with van der Waals surface area (Å²) in [6.45, 7) is 0.809. The maximum absolute atomic E-state index is 13.0. The first-order chi connectivity index (χ1) is 13.6. The molecule has 1 saturated carbocycles. The highest BCUT2D eigenvalue weighted by Crippen LogP contribution is 2.35. The summed E-state index contributed by atoms with van der Waals surface area (Å²) >= 11 is 0. The van der Waals surface area contributed by atoms with Crippen molar-refractivity contribution in [3.05, 3.63) is 59.5 Å². The van der Waals surface area contributed by atoms with Gasteiger partial charge in [-0.05, 0) is 68.0 Å². The molecule has 0 spiro atoms. The molecule has 1 saturated heterocycles. The van der Waals surface area contributed by atoms with Gasteiger partial charge in [-0.2, -0.15) is 0 Å². The quantitative estimate of drug-likeness (QED) is 0.864. The molecule has 2 aliphatic rings. The molecule has 0 bridgehead atoms. The van der Waals surface area contributed by atoms with E-state index in [2.05, 4.69) is 10.3 Å². The van der Waals surface area contributed by atoms with Crippen LogP contribution in [0.15, 0.2) is 42.6 Å². The van der Waals surface area contributed by atoms with E-state index in [-0.39, 0.29) is 11.8 Å². The fourth-order valence-electron chi connectivity index (χ4n) is 4.43. The first-order valence-electron chi connectivity index (χ1n) is 9.96. The SMILES string of the molecule is O=C(Nc1ccc(C(=O)N2CCC[C@H]3CCCC[C@@H]32)cn1)c1ccc(F)cc1. The number of carbonyl (C=O) groups is 2. The van der Waals surface area contributed by atoms with Crippen LogP contribution in [0.2, 0.25) is 0 Å². The molecule has 0 radical (unpaired) electrons. The fraction of sp³-hybridized carbons (Fsp3) is 0.409. The van der Waals surface area contributed by atoms with Crippen molar-refractivity contribution in [2.75, 3.05) is 11.9 Å². The zero-order valence-corrected chi connectivity index (χ0v) is 15.7. The van der Waals surface area contributed by atoms with Gasteiger partial charge in [-0.25, -0.2) is 9.37 Å². The van der Waals surface area contributed by atoms with Crippen molar-refractivity contribution >= 4 is 17.6 Å². The minimum absolute atomic E-state index is 0.0283. The predicted molar refractivity (Wildman–Crippen MR) is 105 cm³/mol. The Morgan fingerprint density at radius 1 is 0.964 bits per heavy atom. The van der Waals surface area contributed by atoms with Crippen molar-refractivity contribution < 1.29 is 14.0 Å². The van der Waals surface area contributed by atoms with Gasteiger partial charge in [-0.1, -0.05) is 12.8 Å². The number of aromatic nitrogens is 1. The van der Waals surface area contributed by atoms with Crippen LogP contribution in [0.1, 0.15) is 59.2 Å². The monoisotopic (exact) mass is 381 g/mol. The summed E-state index contributed by atoms with van der Waals surface area (Å²) in [6.07, 6.45) is 8.59. The molecule has 28 heavy (non-hydrogen) atoms. The Kier molecular flexibility index (Phi) is 5.37. The molecular formula is C22H24FN3O2. The fourth-order valence-corrected chi connectivity index (χ4v) is 4.43. The number of benzene rings is 1. The van der Waals surface area contributed by atoms with Gasteiger partial charge in [-0.15, -0.1) is 0 Å². The van der Waals surface area contributed by atoms with Gasteiger partial charge in [0.05, 0.1) is 5.56 Å². The van der Waals surface area contributed by atoms with Crippen LogP contribution in [-0.2, 0) is 0 Å². The van der Waals surface area contributed by atoms with E-state index in [1.54, 1.807) is 12.1 Å². The average Bonchev–Trinajstić information content (AvgIpc) is 2.74. The van der Waals surface area contributed by atoms with Crippen molar-refractivity contribution in [3.8, 4) is 0 Å². The number of pyridine rings is 1. The van der Waals surface area contributed by atoms with E-state index in [9.17, 15) is 14.0 Å². The first-order valence-corrected chi connectivity index (χ1v) is 9.96. The summed E-state index contributed by atoms with van der Waals surface area (Å²) < 4.78 is 13.0. The maximum atomic E-state index is 13.0. The van der Waals surface area contributed by atoms with Gasteiger partial charge in [0, 0.05) is 24.3 Å². The number of anilines is 1. The average molecular weight is 381 g/mol. The molecule has 1 aliphatic heterocycles. The van der Waals surface area contributed by atoms with Gasteiger partial charge in [0.2, 0.25) is 0 Å². The lowest BCUT2D eigenvalue weighted by molar-refractivity contribution is 0.0390. The molecule has 0 unspecified atom stereocenters. The summed E-state index contributed by atoms with van der Waals surface area (Å²) in [7, 11) is 0. The van der Waals surface area contributed by atoms with Gasteiger partial charge in [0.15, 0.2) is 0 Å². The Morgan fingerprint density at radius 3 is 2.43 bits per heavy atom. The van der Waals surface area contributed by atoms with E-state index in [4.69, 9.17) is 0 Å². The van der Waals surface area contributed by atoms with Crippen LogP contribution in [-0.4, -0.2) is 34.3 Å². The number of nitrogens with zero attached hydrogens (tertiary/aromatic N) is 2. The van der Waals surface area contributed by atoms with Gasteiger partial charge in [-0.3, -0.25) is 9.59 Å². The molecule has 1 aliphatic carbocycles. The summed E-state index contributed by atoms with van der Waals surface area (Å²) in [4.78, 5) is 31.5. The Balaban J connectivity index is 1.43. The summed E-state index contributed by atoms with van der Waals surface area (Å²) in [6, 6.07) is 9.01.